The van der Waals surface area contributed by atoms with Gasteiger partial charge in [-0.3, -0.25) is 24.0 Å². The highest BCUT2D eigenvalue weighted by Crippen LogP contribution is 2.26. The molecule has 1 saturated heterocycles. The van der Waals surface area contributed by atoms with Crippen LogP contribution in [-0.4, -0.2) is 71.9 Å². The number of aldehydes is 1. The summed E-state index contributed by atoms with van der Waals surface area (Å²) < 4.78 is 0. The fourth-order valence-electron chi connectivity index (χ4n) is 3.80. The summed E-state index contributed by atoms with van der Waals surface area (Å²) >= 11 is 0. The summed E-state index contributed by atoms with van der Waals surface area (Å²) in [5, 5.41) is 10.3. The molecular weight excluding hydrogens is 466 g/mol. The van der Waals surface area contributed by atoms with Crippen LogP contribution in [0.25, 0.3) is 0 Å². The lowest BCUT2D eigenvalue weighted by Gasteiger charge is -2.35. The second-order valence-electron chi connectivity index (χ2n) is 9.83. The molecule has 0 radical (unpaired) electrons. The number of hydrogen-bond donors (Lipinski definition) is 4. The third kappa shape index (κ3) is 8.17. The minimum absolute atomic E-state index is 0.141. The maximum Gasteiger partial charge on any atom is 0.315 e. The number of likely N-dealkylation sites (tertiary alicyclic amines) is 1. The number of rotatable bonds is 10. The second-order valence-corrected chi connectivity index (χ2v) is 9.83. The van der Waals surface area contributed by atoms with Crippen LogP contribution in [0.5, 0.6) is 0 Å². The normalized spacial score (nSPS) is 16.9. The number of amides is 5. The van der Waals surface area contributed by atoms with Crippen molar-refractivity contribution in [3.8, 4) is 0 Å². The van der Waals surface area contributed by atoms with Gasteiger partial charge in [0.15, 0.2) is 6.29 Å². The van der Waals surface area contributed by atoms with E-state index in [0.29, 0.717) is 25.9 Å². The lowest BCUT2D eigenvalue weighted by atomic mass is 9.85. The highest BCUT2D eigenvalue weighted by molar-refractivity contribution is 6.27. The molecule has 0 saturated carbocycles. The first kappa shape index (κ1) is 28.5. The third-order valence-corrected chi connectivity index (χ3v) is 5.87. The highest BCUT2D eigenvalue weighted by Gasteiger charge is 2.42. The van der Waals surface area contributed by atoms with Crippen LogP contribution < -0.4 is 21.3 Å². The van der Waals surface area contributed by atoms with Crippen molar-refractivity contribution in [2.45, 2.75) is 65.2 Å². The predicted molar refractivity (Wildman–Crippen MR) is 131 cm³/mol. The van der Waals surface area contributed by atoms with Gasteiger partial charge < -0.3 is 26.2 Å². The average Bonchev–Trinajstić information content (AvgIpc) is 3.34. The molecule has 1 heterocycles. The molecule has 3 atom stereocenters. The number of urea groups is 1. The first-order valence-corrected chi connectivity index (χ1v) is 11.9. The Hall–Kier alpha value is -3.76. The molecule has 1 aliphatic rings. The summed E-state index contributed by atoms with van der Waals surface area (Å²) in [7, 11) is 0. The largest absolute Gasteiger partial charge is 0.350 e. The zero-order valence-corrected chi connectivity index (χ0v) is 21.1. The second kappa shape index (κ2) is 12.8. The van der Waals surface area contributed by atoms with Crippen LogP contribution >= 0.6 is 0 Å². The van der Waals surface area contributed by atoms with E-state index in [4.69, 9.17) is 0 Å². The van der Waals surface area contributed by atoms with Gasteiger partial charge >= 0.3 is 6.03 Å². The third-order valence-electron chi connectivity index (χ3n) is 5.87. The Labute approximate surface area is 210 Å². The maximum atomic E-state index is 13.4. The Morgan fingerprint density at radius 2 is 1.72 bits per heavy atom. The van der Waals surface area contributed by atoms with Crippen molar-refractivity contribution < 1.29 is 28.8 Å². The number of nitrogens with one attached hydrogen (secondary N) is 4. The molecule has 0 aliphatic carbocycles. The zero-order valence-electron chi connectivity index (χ0n) is 21.1. The number of ketones is 1. The van der Waals surface area contributed by atoms with Gasteiger partial charge in [0.1, 0.15) is 12.1 Å². The van der Waals surface area contributed by atoms with Crippen molar-refractivity contribution in [1.29, 1.82) is 0 Å². The van der Waals surface area contributed by atoms with Crippen LogP contribution in [0, 0.1) is 5.41 Å². The fraction of sp³-hybridized carbons (Fsp3) is 0.520. The molecule has 196 valence electrons. The van der Waals surface area contributed by atoms with Gasteiger partial charge in [0, 0.05) is 13.1 Å². The van der Waals surface area contributed by atoms with Crippen molar-refractivity contribution in [2.75, 3.05) is 13.1 Å². The van der Waals surface area contributed by atoms with E-state index in [9.17, 15) is 28.8 Å². The maximum absolute atomic E-state index is 13.4. The quantitative estimate of drug-likeness (QED) is 0.267. The minimum atomic E-state index is -0.997. The monoisotopic (exact) mass is 501 g/mol. The number of Topliss-reactive ketones (excluding diaryl/α,β-unsaturated/α-hetero) is 1. The fourth-order valence-corrected chi connectivity index (χ4v) is 3.80. The molecule has 2 rings (SSSR count). The standard InChI is InChI=1S/C25H35N5O6/c1-16(19(32)15-31)28-22(34)18-11-8-12-30(18)23(35)21(25(2,3)4)29-24(36)27-14-20(33)26-13-17-9-6-5-7-10-17/h5-7,9-10,15-16,18,21H,8,11-14H2,1-4H3,(H,26,33)(H,28,34)(H2,27,29,36). The van der Waals surface area contributed by atoms with Crippen LogP contribution in [0.1, 0.15) is 46.1 Å². The summed E-state index contributed by atoms with van der Waals surface area (Å²) in [6.07, 6.45) is 1.11. The van der Waals surface area contributed by atoms with Crippen LogP contribution in [0.4, 0.5) is 4.79 Å². The summed E-state index contributed by atoms with van der Waals surface area (Å²) in [6, 6.07) is 5.83. The van der Waals surface area contributed by atoms with Crippen LogP contribution in [0.15, 0.2) is 30.3 Å². The Morgan fingerprint density at radius 3 is 2.33 bits per heavy atom. The molecule has 1 aliphatic heterocycles. The number of hydrogen-bond acceptors (Lipinski definition) is 6. The molecule has 36 heavy (non-hydrogen) atoms. The molecule has 0 bridgehead atoms. The van der Waals surface area contributed by atoms with Crippen molar-refractivity contribution in [3.63, 3.8) is 0 Å². The lowest BCUT2D eigenvalue weighted by Crippen LogP contribution is -2.60. The van der Waals surface area contributed by atoms with Crippen molar-refractivity contribution in [1.82, 2.24) is 26.2 Å². The van der Waals surface area contributed by atoms with Crippen molar-refractivity contribution >= 4 is 35.8 Å². The van der Waals surface area contributed by atoms with E-state index in [1.54, 1.807) is 20.8 Å². The number of benzene rings is 1. The van der Waals surface area contributed by atoms with E-state index < -0.39 is 47.2 Å². The van der Waals surface area contributed by atoms with Gasteiger partial charge in [-0.1, -0.05) is 51.1 Å². The van der Waals surface area contributed by atoms with E-state index in [2.05, 4.69) is 21.3 Å². The van der Waals surface area contributed by atoms with Gasteiger partial charge in [-0.15, -0.1) is 0 Å². The number of carbonyl (C=O) groups is 6. The van der Waals surface area contributed by atoms with Gasteiger partial charge in [0.05, 0.1) is 12.6 Å². The molecule has 11 nitrogen and oxygen atoms in total. The van der Waals surface area contributed by atoms with E-state index in [0.717, 1.165) is 5.56 Å². The van der Waals surface area contributed by atoms with Crippen LogP contribution in [0.2, 0.25) is 0 Å². The zero-order chi connectivity index (χ0) is 26.9. The van der Waals surface area contributed by atoms with E-state index >= 15 is 0 Å². The Bertz CT molecular complexity index is 975. The minimum Gasteiger partial charge on any atom is -0.350 e. The van der Waals surface area contributed by atoms with E-state index in [1.165, 1.54) is 11.8 Å². The van der Waals surface area contributed by atoms with Gasteiger partial charge in [0.2, 0.25) is 23.5 Å². The summed E-state index contributed by atoms with van der Waals surface area (Å²) in [4.78, 5) is 74.4. The molecule has 5 amide bonds. The van der Waals surface area contributed by atoms with Gasteiger partial charge in [-0.25, -0.2) is 4.79 Å². The van der Waals surface area contributed by atoms with Crippen molar-refractivity contribution in [2.24, 2.45) is 5.41 Å². The molecule has 3 unspecified atom stereocenters. The molecular formula is C25H35N5O6. The topological polar surface area (TPSA) is 154 Å². The molecule has 11 heteroatoms. The highest BCUT2D eigenvalue weighted by atomic mass is 16.2. The van der Waals surface area contributed by atoms with E-state index in [1.807, 2.05) is 30.3 Å². The molecule has 1 aromatic carbocycles. The van der Waals surface area contributed by atoms with E-state index in [-0.39, 0.29) is 18.7 Å². The van der Waals surface area contributed by atoms with Gasteiger partial charge in [-0.2, -0.15) is 0 Å². The molecule has 1 fully saturated rings. The molecule has 4 N–H and O–H groups in total. The first-order valence-electron chi connectivity index (χ1n) is 11.9. The number of nitrogens with zero attached hydrogens (tertiary/aromatic N) is 1. The predicted octanol–water partition coefficient (Wildman–Crippen LogP) is 0.280. The van der Waals surface area contributed by atoms with Gasteiger partial charge in [-0.05, 0) is 30.7 Å². The van der Waals surface area contributed by atoms with Crippen LogP contribution in [-0.2, 0) is 30.5 Å². The molecule has 1 aromatic rings. The molecule has 0 aromatic heterocycles. The van der Waals surface area contributed by atoms with Crippen LogP contribution in [0.3, 0.4) is 0 Å². The SMILES string of the molecule is CC(NC(=O)C1CCCN1C(=O)C(NC(=O)NCC(=O)NCc1ccccc1)C(C)(C)C)C(=O)C=O. The number of carbonyl (C=O) groups excluding carboxylic acids is 6. The molecule has 0 spiro atoms. The lowest BCUT2D eigenvalue weighted by molar-refractivity contribution is -0.142. The van der Waals surface area contributed by atoms with Crippen molar-refractivity contribution in [3.05, 3.63) is 35.9 Å². The smallest absolute Gasteiger partial charge is 0.315 e. The Morgan fingerprint density at radius 1 is 1.06 bits per heavy atom. The summed E-state index contributed by atoms with van der Waals surface area (Å²) in [5.74, 6) is -2.13. The Kier molecular flexibility index (Phi) is 10.1. The first-order chi connectivity index (χ1) is 16.9. The Balaban J connectivity index is 1.96. The average molecular weight is 502 g/mol. The summed E-state index contributed by atoms with van der Waals surface area (Å²) in [6.45, 7) is 7.08. The summed E-state index contributed by atoms with van der Waals surface area (Å²) in [5.41, 5.74) is 0.219. The van der Waals surface area contributed by atoms with Gasteiger partial charge in [0.25, 0.3) is 0 Å².